The molecule has 5 nitrogen and oxygen atoms in total. The van der Waals surface area contributed by atoms with E-state index in [4.69, 9.17) is 4.98 Å². The summed E-state index contributed by atoms with van der Waals surface area (Å²) in [4.78, 5) is 21.3. The Hall–Kier alpha value is -1.95. The van der Waals surface area contributed by atoms with Gasteiger partial charge in [0.1, 0.15) is 5.82 Å². The number of aromatic nitrogens is 2. The molecule has 1 atom stereocenters. The van der Waals surface area contributed by atoms with Gasteiger partial charge in [-0.2, -0.15) is 4.37 Å². The molecule has 3 rings (SSSR count). The van der Waals surface area contributed by atoms with Crippen molar-refractivity contribution in [3.05, 3.63) is 41.7 Å². The second kappa shape index (κ2) is 8.43. The van der Waals surface area contributed by atoms with Crippen LogP contribution < -0.4 is 4.90 Å². The molecule has 0 bridgehead atoms. The van der Waals surface area contributed by atoms with Gasteiger partial charge in [-0.15, -0.1) is 0 Å². The quantitative estimate of drug-likeness (QED) is 0.794. The fourth-order valence-corrected chi connectivity index (χ4v) is 3.92. The Balaban J connectivity index is 1.58. The van der Waals surface area contributed by atoms with Crippen LogP contribution in [0, 0.1) is 0 Å². The predicted octanol–water partition coefficient (Wildman–Crippen LogP) is 3.36. The molecule has 0 N–H and O–H groups in total. The lowest BCUT2D eigenvalue weighted by molar-refractivity contribution is -0.133. The average molecular weight is 359 g/mol. The molecule has 25 heavy (non-hydrogen) atoms. The number of rotatable bonds is 6. The zero-order valence-corrected chi connectivity index (χ0v) is 15.8. The molecule has 2 aromatic rings. The van der Waals surface area contributed by atoms with E-state index in [2.05, 4.69) is 35.3 Å². The Labute approximate surface area is 153 Å². The minimum absolute atomic E-state index is 0.222. The fraction of sp³-hybridized carbons (Fsp3) is 0.526. The highest BCUT2D eigenvalue weighted by Gasteiger charge is 2.28. The van der Waals surface area contributed by atoms with E-state index in [-0.39, 0.29) is 11.9 Å². The molecule has 1 fully saturated rings. The first-order valence-electron chi connectivity index (χ1n) is 9.08. The molecule has 2 heterocycles. The number of unbranched alkanes of at least 4 members (excludes halogenated alkanes) is 1. The maximum atomic E-state index is 12.3. The van der Waals surface area contributed by atoms with Crippen molar-refractivity contribution in [1.82, 2.24) is 14.3 Å². The lowest BCUT2D eigenvalue weighted by Gasteiger charge is -2.39. The highest BCUT2D eigenvalue weighted by atomic mass is 32.1. The van der Waals surface area contributed by atoms with Gasteiger partial charge in [0.25, 0.3) is 0 Å². The Bertz CT molecular complexity index is 688. The van der Waals surface area contributed by atoms with Gasteiger partial charge in [-0.05, 0) is 18.9 Å². The Morgan fingerprint density at radius 1 is 1.28 bits per heavy atom. The summed E-state index contributed by atoms with van der Waals surface area (Å²) < 4.78 is 4.51. The van der Waals surface area contributed by atoms with Gasteiger partial charge in [0, 0.05) is 50.1 Å². The molecule has 1 amide bonds. The van der Waals surface area contributed by atoms with Crippen molar-refractivity contribution in [2.24, 2.45) is 0 Å². The summed E-state index contributed by atoms with van der Waals surface area (Å²) in [6.45, 7) is 6.69. The summed E-state index contributed by atoms with van der Waals surface area (Å²) in [6, 6.07) is 10.5. The van der Waals surface area contributed by atoms with E-state index in [9.17, 15) is 4.79 Å². The number of hydrogen-bond acceptors (Lipinski definition) is 5. The average Bonchev–Trinajstić information content (AvgIpc) is 3.09. The molecule has 1 aliphatic rings. The highest BCUT2D eigenvalue weighted by molar-refractivity contribution is 7.09. The maximum absolute atomic E-state index is 12.3. The highest BCUT2D eigenvalue weighted by Crippen LogP contribution is 2.23. The van der Waals surface area contributed by atoms with Gasteiger partial charge in [-0.25, -0.2) is 4.98 Å². The monoisotopic (exact) mass is 358 g/mol. The third-order valence-corrected chi connectivity index (χ3v) is 5.44. The van der Waals surface area contributed by atoms with Crippen LogP contribution >= 0.6 is 11.5 Å². The van der Waals surface area contributed by atoms with E-state index in [0.29, 0.717) is 6.42 Å². The number of benzene rings is 1. The summed E-state index contributed by atoms with van der Waals surface area (Å²) in [5.74, 6) is 1.16. The van der Waals surface area contributed by atoms with Gasteiger partial charge >= 0.3 is 0 Å². The molecule has 134 valence electrons. The van der Waals surface area contributed by atoms with Gasteiger partial charge in [0.05, 0.1) is 0 Å². The fourth-order valence-electron chi connectivity index (χ4n) is 3.20. The van der Waals surface area contributed by atoms with Crippen LogP contribution in [0.3, 0.4) is 0 Å². The minimum atomic E-state index is 0.222. The van der Waals surface area contributed by atoms with Crippen molar-refractivity contribution in [3.63, 3.8) is 0 Å². The number of piperazine rings is 1. The van der Waals surface area contributed by atoms with Crippen molar-refractivity contribution in [2.75, 3.05) is 24.5 Å². The smallest absolute Gasteiger partial charge is 0.222 e. The molecule has 1 saturated heterocycles. The van der Waals surface area contributed by atoms with Crippen molar-refractivity contribution in [3.8, 4) is 0 Å². The van der Waals surface area contributed by atoms with E-state index in [1.54, 1.807) is 0 Å². The van der Waals surface area contributed by atoms with Crippen LogP contribution in [0.2, 0.25) is 0 Å². The van der Waals surface area contributed by atoms with Crippen molar-refractivity contribution < 1.29 is 4.79 Å². The van der Waals surface area contributed by atoms with Crippen LogP contribution in [0.5, 0.6) is 0 Å². The van der Waals surface area contributed by atoms with Crippen LogP contribution in [0.15, 0.2) is 30.3 Å². The van der Waals surface area contributed by atoms with Gasteiger partial charge in [-0.1, -0.05) is 43.7 Å². The summed E-state index contributed by atoms with van der Waals surface area (Å²) in [7, 11) is 0. The topological polar surface area (TPSA) is 49.3 Å². The third kappa shape index (κ3) is 4.57. The van der Waals surface area contributed by atoms with Gasteiger partial charge in [-0.3, -0.25) is 4.79 Å². The van der Waals surface area contributed by atoms with E-state index >= 15 is 0 Å². The molecule has 0 spiro atoms. The van der Waals surface area contributed by atoms with Crippen LogP contribution in [0.25, 0.3) is 0 Å². The van der Waals surface area contributed by atoms with Gasteiger partial charge < -0.3 is 9.80 Å². The molecular weight excluding hydrogens is 332 g/mol. The van der Waals surface area contributed by atoms with Crippen LogP contribution in [0.1, 0.15) is 44.5 Å². The number of carbonyl (C=O) groups excluding carboxylic acids is 1. The summed E-state index contributed by atoms with van der Waals surface area (Å²) in [5.41, 5.74) is 1.23. The molecule has 6 heteroatoms. The number of anilines is 1. The van der Waals surface area contributed by atoms with Crippen LogP contribution in [0.4, 0.5) is 5.13 Å². The largest absolute Gasteiger partial charge is 0.343 e. The van der Waals surface area contributed by atoms with Crippen molar-refractivity contribution >= 4 is 22.6 Å². The molecule has 1 aliphatic heterocycles. The number of carbonyl (C=O) groups is 1. The second-order valence-electron chi connectivity index (χ2n) is 6.64. The lowest BCUT2D eigenvalue weighted by atomic mass is 10.1. The number of amides is 1. The molecule has 1 aromatic heterocycles. The SMILES string of the molecule is CCCCC(=O)N1CCN(c2nc(Cc3ccccc3)ns2)CC1C. The normalized spacial score (nSPS) is 17.8. The zero-order valence-electron chi connectivity index (χ0n) is 15.0. The summed E-state index contributed by atoms with van der Waals surface area (Å²) in [6.07, 6.45) is 3.48. The Morgan fingerprint density at radius 3 is 2.80 bits per heavy atom. The van der Waals surface area contributed by atoms with E-state index < -0.39 is 0 Å². The van der Waals surface area contributed by atoms with E-state index in [1.807, 2.05) is 23.1 Å². The molecule has 0 aliphatic carbocycles. The van der Waals surface area contributed by atoms with Crippen LogP contribution in [-0.4, -0.2) is 45.8 Å². The lowest BCUT2D eigenvalue weighted by Crippen LogP contribution is -2.54. The zero-order chi connectivity index (χ0) is 17.6. The van der Waals surface area contributed by atoms with Gasteiger partial charge in [0.15, 0.2) is 0 Å². The second-order valence-corrected chi connectivity index (χ2v) is 7.37. The minimum Gasteiger partial charge on any atom is -0.343 e. The van der Waals surface area contributed by atoms with Crippen LogP contribution in [-0.2, 0) is 11.2 Å². The molecule has 0 saturated carbocycles. The first-order chi connectivity index (χ1) is 12.2. The number of nitrogens with zero attached hydrogens (tertiary/aromatic N) is 4. The Morgan fingerprint density at radius 2 is 2.08 bits per heavy atom. The summed E-state index contributed by atoms with van der Waals surface area (Å²) in [5, 5.41) is 0.971. The molecule has 1 aromatic carbocycles. The van der Waals surface area contributed by atoms with Crippen molar-refractivity contribution in [1.29, 1.82) is 0 Å². The molecular formula is C19H26N4OS. The summed E-state index contributed by atoms with van der Waals surface area (Å²) >= 11 is 1.46. The van der Waals surface area contributed by atoms with E-state index in [0.717, 1.165) is 49.9 Å². The first-order valence-corrected chi connectivity index (χ1v) is 9.85. The van der Waals surface area contributed by atoms with Crippen molar-refractivity contribution in [2.45, 2.75) is 45.6 Å². The number of hydrogen-bond donors (Lipinski definition) is 0. The predicted molar refractivity (Wildman–Crippen MR) is 102 cm³/mol. The van der Waals surface area contributed by atoms with E-state index in [1.165, 1.54) is 17.1 Å². The molecule has 1 unspecified atom stereocenters. The third-order valence-electron chi connectivity index (χ3n) is 4.62. The standard InChI is InChI=1S/C19H26N4OS/c1-3-4-10-18(24)23-12-11-22(14-15(23)2)19-20-17(21-25-19)13-16-8-6-5-7-9-16/h5-9,15H,3-4,10-14H2,1-2H3. The maximum Gasteiger partial charge on any atom is 0.222 e. The van der Waals surface area contributed by atoms with Gasteiger partial charge in [0.2, 0.25) is 11.0 Å². The first kappa shape index (κ1) is 17.9. The Kier molecular flexibility index (Phi) is 6.02. The molecule has 0 radical (unpaired) electrons.